The quantitative estimate of drug-likeness (QED) is 0.786. The first-order valence-electron chi connectivity index (χ1n) is 5.27. The molecule has 106 valence electrons. The van der Waals surface area contributed by atoms with Crippen molar-refractivity contribution in [1.29, 1.82) is 5.26 Å². The smallest absolute Gasteiger partial charge is 0.406 e. The number of rotatable bonds is 4. The molecule has 0 radical (unpaired) electrons. The van der Waals surface area contributed by atoms with Crippen molar-refractivity contribution >= 4 is 23.6 Å². The van der Waals surface area contributed by atoms with Crippen LogP contribution < -0.4 is 0 Å². The predicted octanol–water partition coefficient (Wildman–Crippen LogP) is 1.11. The minimum absolute atomic E-state index is 0.0585. The van der Waals surface area contributed by atoms with E-state index in [1.807, 2.05) is 0 Å². The summed E-state index contributed by atoms with van der Waals surface area (Å²) in [6.07, 6.45) is -5.53. The van der Waals surface area contributed by atoms with E-state index in [0.29, 0.717) is 0 Å². The van der Waals surface area contributed by atoms with Crippen molar-refractivity contribution in [3.8, 4) is 6.07 Å². The molecule has 1 saturated heterocycles. The zero-order valence-electron chi connectivity index (χ0n) is 9.74. The van der Waals surface area contributed by atoms with Crippen molar-refractivity contribution in [2.45, 2.75) is 12.6 Å². The van der Waals surface area contributed by atoms with Gasteiger partial charge in [-0.15, -0.1) is 11.8 Å². The third-order valence-electron chi connectivity index (χ3n) is 2.97. The van der Waals surface area contributed by atoms with Crippen LogP contribution in [-0.4, -0.2) is 52.7 Å². The molecule has 19 heavy (non-hydrogen) atoms. The first-order chi connectivity index (χ1) is 8.74. The number of likely N-dealkylation sites (tertiary alicyclic amines) is 1. The Morgan fingerprint density at radius 1 is 1.47 bits per heavy atom. The Hall–Kier alpha value is -1.43. The molecular formula is C10H11F3N2O3S. The van der Waals surface area contributed by atoms with Gasteiger partial charge in [0.15, 0.2) is 5.41 Å². The molecule has 0 saturated carbocycles. The zero-order valence-corrected chi connectivity index (χ0v) is 10.6. The van der Waals surface area contributed by atoms with Gasteiger partial charge in [0.05, 0.1) is 17.6 Å². The van der Waals surface area contributed by atoms with Crippen LogP contribution in [0.5, 0.6) is 0 Å². The number of thioether (sulfide) groups is 1. The van der Waals surface area contributed by atoms with Crippen LogP contribution in [0.2, 0.25) is 0 Å². The zero-order chi connectivity index (χ0) is 14.7. The molecule has 0 aromatic heterocycles. The largest absolute Gasteiger partial charge is 0.481 e. The summed E-state index contributed by atoms with van der Waals surface area (Å²) in [5, 5.41) is 17.1. The number of hydrogen-bond acceptors (Lipinski definition) is 4. The second-order valence-electron chi connectivity index (χ2n) is 4.10. The van der Waals surface area contributed by atoms with Gasteiger partial charge in [0.1, 0.15) is 0 Å². The van der Waals surface area contributed by atoms with E-state index in [1.165, 1.54) is 0 Å². The minimum atomic E-state index is -4.90. The fraction of sp³-hybridized carbons (Fsp3) is 0.700. The van der Waals surface area contributed by atoms with Crippen LogP contribution in [0.3, 0.4) is 0 Å². The molecule has 0 aromatic rings. The molecule has 1 aliphatic rings. The van der Waals surface area contributed by atoms with Crippen LogP contribution in [0.1, 0.15) is 6.42 Å². The highest BCUT2D eigenvalue weighted by Crippen LogP contribution is 2.45. The molecule has 0 bridgehead atoms. The van der Waals surface area contributed by atoms with E-state index in [-0.39, 0.29) is 18.1 Å². The highest BCUT2D eigenvalue weighted by molar-refractivity contribution is 8.00. The number of carboxylic acid groups (broad SMARTS) is 1. The monoisotopic (exact) mass is 296 g/mol. The third-order valence-corrected chi connectivity index (χ3v) is 3.75. The number of nitrogens with zero attached hydrogens (tertiary/aromatic N) is 2. The lowest BCUT2D eigenvalue weighted by atomic mass is 9.86. The summed E-state index contributed by atoms with van der Waals surface area (Å²) < 4.78 is 38.5. The number of hydrogen-bond donors (Lipinski definition) is 1. The average molecular weight is 296 g/mol. The number of carbonyl (C=O) groups is 2. The number of aliphatic carboxylic acids is 1. The number of nitriles is 1. The molecule has 0 aliphatic carbocycles. The summed E-state index contributed by atoms with van der Waals surface area (Å²) in [7, 11) is 0. The maximum absolute atomic E-state index is 12.8. The van der Waals surface area contributed by atoms with Gasteiger partial charge < -0.3 is 10.0 Å². The summed E-state index contributed by atoms with van der Waals surface area (Å²) in [6, 6.07) is 1.79. The minimum Gasteiger partial charge on any atom is -0.481 e. The molecule has 1 unspecified atom stereocenters. The number of alkyl halides is 3. The molecule has 9 heteroatoms. The third kappa shape index (κ3) is 3.12. The van der Waals surface area contributed by atoms with Gasteiger partial charge in [0.25, 0.3) is 0 Å². The highest BCUT2D eigenvalue weighted by atomic mass is 32.2. The Kier molecular flexibility index (Phi) is 4.68. The van der Waals surface area contributed by atoms with Gasteiger partial charge in [-0.1, -0.05) is 0 Å². The lowest BCUT2D eigenvalue weighted by Gasteiger charge is -2.27. The van der Waals surface area contributed by atoms with Gasteiger partial charge >= 0.3 is 12.1 Å². The van der Waals surface area contributed by atoms with Gasteiger partial charge in [0, 0.05) is 13.1 Å². The number of halogens is 3. The molecule has 1 atom stereocenters. The molecule has 5 nitrogen and oxygen atoms in total. The number of carboxylic acids is 1. The van der Waals surface area contributed by atoms with Crippen molar-refractivity contribution in [2.75, 3.05) is 24.6 Å². The number of carbonyl (C=O) groups excluding carboxylic acids is 1. The fourth-order valence-electron chi connectivity index (χ4n) is 1.83. The lowest BCUT2D eigenvalue weighted by Crippen LogP contribution is -2.48. The van der Waals surface area contributed by atoms with Crippen molar-refractivity contribution in [3.05, 3.63) is 0 Å². The Labute approximate surface area is 111 Å². The molecule has 1 fully saturated rings. The van der Waals surface area contributed by atoms with E-state index in [9.17, 15) is 22.8 Å². The Morgan fingerprint density at radius 2 is 2.11 bits per heavy atom. The second-order valence-corrected chi connectivity index (χ2v) is 5.09. The van der Waals surface area contributed by atoms with Crippen molar-refractivity contribution in [3.63, 3.8) is 0 Å². The number of amides is 1. The maximum Gasteiger partial charge on any atom is 0.406 e. The molecule has 1 amide bonds. The standard InChI is InChI=1S/C10H11F3N2O3S/c11-10(12,13)9(8(17)18)1-3-15(6-9)7(16)5-19-4-2-14/h1,3-6H2,(H,17,18). The van der Waals surface area contributed by atoms with Gasteiger partial charge in [-0.25, -0.2) is 0 Å². The van der Waals surface area contributed by atoms with Crippen LogP contribution in [0.4, 0.5) is 13.2 Å². The van der Waals surface area contributed by atoms with E-state index in [1.54, 1.807) is 6.07 Å². The van der Waals surface area contributed by atoms with Crippen LogP contribution in [-0.2, 0) is 9.59 Å². The first kappa shape index (κ1) is 15.6. The van der Waals surface area contributed by atoms with Gasteiger partial charge in [-0.2, -0.15) is 18.4 Å². The topological polar surface area (TPSA) is 81.4 Å². The summed E-state index contributed by atoms with van der Waals surface area (Å²) >= 11 is 0.983. The normalized spacial score (nSPS) is 23.2. The van der Waals surface area contributed by atoms with Crippen LogP contribution in [0, 0.1) is 16.7 Å². The molecular weight excluding hydrogens is 285 g/mol. The van der Waals surface area contributed by atoms with E-state index in [4.69, 9.17) is 10.4 Å². The fourth-order valence-corrected chi connectivity index (χ4v) is 2.38. The Morgan fingerprint density at radius 3 is 2.53 bits per heavy atom. The first-order valence-corrected chi connectivity index (χ1v) is 6.42. The van der Waals surface area contributed by atoms with Crippen LogP contribution >= 0.6 is 11.8 Å². The molecule has 1 heterocycles. The van der Waals surface area contributed by atoms with Gasteiger partial charge in [0.2, 0.25) is 5.91 Å². The van der Waals surface area contributed by atoms with E-state index in [2.05, 4.69) is 0 Å². The summed E-state index contributed by atoms with van der Waals surface area (Å²) in [5.41, 5.74) is -2.87. The lowest BCUT2D eigenvalue weighted by molar-refractivity contribution is -0.227. The SMILES string of the molecule is N#CCSCC(=O)N1CCC(C(=O)O)(C(F)(F)F)C1. The average Bonchev–Trinajstić information content (AvgIpc) is 2.74. The predicted molar refractivity (Wildman–Crippen MR) is 60.3 cm³/mol. The highest BCUT2D eigenvalue weighted by Gasteiger charge is 2.64. The maximum atomic E-state index is 12.8. The Bertz CT molecular complexity index is 421. The molecule has 1 aliphatic heterocycles. The summed E-state index contributed by atoms with van der Waals surface area (Å²) in [6.45, 7) is -1.10. The van der Waals surface area contributed by atoms with Crippen LogP contribution in [0.25, 0.3) is 0 Å². The van der Waals surface area contributed by atoms with Gasteiger partial charge in [-0.05, 0) is 6.42 Å². The molecule has 1 rings (SSSR count). The van der Waals surface area contributed by atoms with E-state index >= 15 is 0 Å². The van der Waals surface area contributed by atoms with Gasteiger partial charge in [-0.3, -0.25) is 9.59 Å². The van der Waals surface area contributed by atoms with Crippen molar-refractivity contribution < 1.29 is 27.9 Å². The van der Waals surface area contributed by atoms with Crippen LogP contribution in [0.15, 0.2) is 0 Å². The molecule has 0 spiro atoms. The summed E-state index contributed by atoms with van der Waals surface area (Å²) in [4.78, 5) is 23.4. The molecule has 0 aromatic carbocycles. The summed E-state index contributed by atoms with van der Waals surface area (Å²) in [5.74, 6) is -2.60. The Balaban J connectivity index is 2.73. The van der Waals surface area contributed by atoms with Crippen molar-refractivity contribution in [2.24, 2.45) is 5.41 Å². The van der Waals surface area contributed by atoms with E-state index in [0.717, 1.165) is 16.7 Å². The van der Waals surface area contributed by atoms with Crippen molar-refractivity contribution in [1.82, 2.24) is 4.90 Å². The second kappa shape index (κ2) is 5.69. The molecule has 1 N–H and O–H groups in total. The van der Waals surface area contributed by atoms with E-state index < -0.39 is 36.4 Å².